The molecular formula is C10H14O. The molecule has 0 spiro atoms. The zero-order chi connectivity index (χ0) is 8.27. The maximum absolute atomic E-state index is 9.42. The van der Waals surface area contributed by atoms with Crippen LogP contribution in [0.4, 0.5) is 0 Å². The minimum Gasteiger partial charge on any atom is -0.508 e. The van der Waals surface area contributed by atoms with E-state index in [1.807, 2.05) is 6.08 Å². The summed E-state index contributed by atoms with van der Waals surface area (Å²) in [5.74, 6) is 0.437. The average Bonchev–Trinajstić information content (AvgIpc) is 2.04. The third-order valence-electron chi connectivity index (χ3n) is 2.07. The minimum absolute atomic E-state index is 0.437. The largest absolute Gasteiger partial charge is 0.508 e. The first-order valence-electron chi connectivity index (χ1n) is 4.00. The molecule has 0 saturated carbocycles. The summed E-state index contributed by atoms with van der Waals surface area (Å²) >= 11 is 0. The van der Waals surface area contributed by atoms with Gasteiger partial charge in [0, 0.05) is 0 Å². The lowest BCUT2D eigenvalue weighted by Gasteiger charge is -2.10. The van der Waals surface area contributed by atoms with E-state index in [1.54, 1.807) is 6.08 Å². The fourth-order valence-electron chi connectivity index (χ4n) is 1.16. The predicted molar refractivity (Wildman–Crippen MR) is 47.5 cm³/mol. The molecule has 0 aromatic rings. The van der Waals surface area contributed by atoms with Gasteiger partial charge >= 0.3 is 0 Å². The summed E-state index contributed by atoms with van der Waals surface area (Å²) in [5, 5.41) is 9.42. The molecule has 0 radical (unpaired) electrons. The molecule has 1 aliphatic carbocycles. The standard InChI is InChI=1S/C10H14O/c1-3-8(2)9-6-4-5-7-10(9)11/h4-5,7,11H,3,6H2,1-2H3. The van der Waals surface area contributed by atoms with E-state index < -0.39 is 0 Å². The minimum atomic E-state index is 0.437. The molecule has 0 amide bonds. The second-order valence-corrected chi connectivity index (χ2v) is 2.80. The zero-order valence-electron chi connectivity index (χ0n) is 7.09. The normalized spacial score (nSPS) is 21.5. The monoisotopic (exact) mass is 150 g/mol. The Morgan fingerprint density at radius 2 is 2.36 bits per heavy atom. The van der Waals surface area contributed by atoms with Crippen molar-refractivity contribution in [3.63, 3.8) is 0 Å². The first-order valence-corrected chi connectivity index (χ1v) is 4.00. The lowest BCUT2D eigenvalue weighted by molar-refractivity contribution is 0.418. The quantitative estimate of drug-likeness (QED) is 0.609. The van der Waals surface area contributed by atoms with Gasteiger partial charge in [0.2, 0.25) is 0 Å². The van der Waals surface area contributed by atoms with Crippen molar-refractivity contribution in [2.24, 2.45) is 0 Å². The van der Waals surface area contributed by atoms with Crippen LogP contribution in [0.3, 0.4) is 0 Å². The summed E-state index contributed by atoms with van der Waals surface area (Å²) in [6.45, 7) is 4.17. The van der Waals surface area contributed by atoms with Crippen LogP contribution in [0.25, 0.3) is 0 Å². The van der Waals surface area contributed by atoms with Crippen LogP contribution in [0, 0.1) is 0 Å². The van der Waals surface area contributed by atoms with Crippen LogP contribution < -0.4 is 0 Å². The summed E-state index contributed by atoms with van der Waals surface area (Å²) in [7, 11) is 0. The smallest absolute Gasteiger partial charge is 0.119 e. The van der Waals surface area contributed by atoms with E-state index in [-0.39, 0.29) is 0 Å². The molecule has 1 N–H and O–H groups in total. The van der Waals surface area contributed by atoms with E-state index in [1.165, 1.54) is 5.57 Å². The highest BCUT2D eigenvalue weighted by atomic mass is 16.3. The molecule has 0 fully saturated rings. The van der Waals surface area contributed by atoms with Crippen LogP contribution in [0.5, 0.6) is 0 Å². The number of hydrogen-bond donors (Lipinski definition) is 1. The highest BCUT2D eigenvalue weighted by Gasteiger charge is 2.06. The molecule has 0 aromatic heterocycles. The molecule has 60 valence electrons. The molecule has 0 bridgehead atoms. The fourth-order valence-corrected chi connectivity index (χ4v) is 1.16. The van der Waals surface area contributed by atoms with Gasteiger partial charge in [-0.2, -0.15) is 0 Å². The van der Waals surface area contributed by atoms with Crippen molar-refractivity contribution in [1.29, 1.82) is 0 Å². The molecule has 1 aliphatic rings. The van der Waals surface area contributed by atoms with Crippen LogP contribution in [0.1, 0.15) is 26.7 Å². The van der Waals surface area contributed by atoms with Gasteiger partial charge in [-0.05, 0) is 31.4 Å². The maximum atomic E-state index is 9.42. The number of allylic oxidation sites excluding steroid dienone is 5. The molecular weight excluding hydrogens is 136 g/mol. The van der Waals surface area contributed by atoms with Crippen molar-refractivity contribution in [1.82, 2.24) is 0 Å². The summed E-state index contributed by atoms with van der Waals surface area (Å²) in [6, 6.07) is 0. The number of aliphatic hydroxyl groups is 1. The molecule has 0 aliphatic heterocycles. The number of rotatable bonds is 1. The third kappa shape index (κ3) is 1.73. The molecule has 1 heteroatoms. The third-order valence-corrected chi connectivity index (χ3v) is 2.07. The fraction of sp³-hybridized carbons (Fsp3) is 0.400. The van der Waals surface area contributed by atoms with Gasteiger partial charge in [-0.25, -0.2) is 0 Å². The van der Waals surface area contributed by atoms with Crippen LogP contribution in [-0.4, -0.2) is 5.11 Å². The molecule has 1 rings (SSSR count). The maximum Gasteiger partial charge on any atom is 0.119 e. The highest BCUT2D eigenvalue weighted by molar-refractivity contribution is 5.37. The molecule has 0 saturated heterocycles. The van der Waals surface area contributed by atoms with Gasteiger partial charge in [-0.15, -0.1) is 0 Å². The van der Waals surface area contributed by atoms with Crippen LogP contribution in [-0.2, 0) is 0 Å². The molecule has 1 nitrogen and oxygen atoms in total. The SMILES string of the molecule is CCC(C)=C1CC=CC=C1O. The highest BCUT2D eigenvalue weighted by Crippen LogP contribution is 2.22. The Balaban J connectivity index is 2.91. The van der Waals surface area contributed by atoms with Crippen molar-refractivity contribution >= 4 is 0 Å². The molecule has 0 heterocycles. The Hall–Kier alpha value is -0.980. The Morgan fingerprint density at radius 1 is 1.64 bits per heavy atom. The van der Waals surface area contributed by atoms with Crippen molar-refractivity contribution in [2.45, 2.75) is 26.7 Å². The second-order valence-electron chi connectivity index (χ2n) is 2.80. The first-order chi connectivity index (χ1) is 5.25. The summed E-state index contributed by atoms with van der Waals surface area (Å²) in [4.78, 5) is 0. The van der Waals surface area contributed by atoms with Gasteiger partial charge in [0.15, 0.2) is 0 Å². The lowest BCUT2D eigenvalue weighted by Crippen LogP contribution is -1.94. The Kier molecular flexibility index (Phi) is 2.53. The molecule has 0 aromatic carbocycles. The Morgan fingerprint density at radius 3 is 2.91 bits per heavy atom. The Labute approximate surface area is 67.7 Å². The predicted octanol–water partition coefficient (Wildman–Crippen LogP) is 3.11. The zero-order valence-corrected chi connectivity index (χ0v) is 7.09. The van der Waals surface area contributed by atoms with Crippen LogP contribution >= 0.6 is 0 Å². The average molecular weight is 150 g/mol. The van der Waals surface area contributed by atoms with Crippen molar-refractivity contribution in [3.8, 4) is 0 Å². The van der Waals surface area contributed by atoms with Gasteiger partial charge in [0.25, 0.3) is 0 Å². The van der Waals surface area contributed by atoms with Gasteiger partial charge in [-0.1, -0.05) is 24.6 Å². The van der Waals surface area contributed by atoms with Gasteiger partial charge in [-0.3, -0.25) is 0 Å². The van der Waals surface area contributed by atoms with Gasteiger partial charge < -0.3 is 5.11 Å². The molecule has 11 heavy (non-hydrogen) atoms. The van der Waals surface area contributed by atoms with Crippen molar-refractivity contribution in [2.75, 3.05) is 0 Å². The molecule has 0 atom stereocenters. The number of hydrogen-bond acceptors (Lipinski definition) is 1. The summed E-state index contributed by atoms with van der Waals surface area (Å²) in [5.41, 5.74) is 2.37. The lowest BCUT2D eigenvalue weighted by atomic mass is 9.99. The van der Waals surface area contributed by atoms with E-state index in [9.17, 15) is 5.11 Å². The summed E-state index contributed by atoms with van der Waals surface area (Å²) in [6.07, 6.45) is 7.59. The molecule has 0 unspecified atom stereocenters. The van der Waals surface area contributed by atoms with Crippen molar-refractivity contribution in [3.05, 3.63) is 35.1 Å². The van der Waals surface area contributed by atoms with E-state index >= 15 is 0 Å². The van der Waals surface area contributed by atoms with E-state index in [4.69, 9.17) is 0 Å². The first kappa shape index (κ1) is 8.12. The number of aliphatic hydroxyl groups excluding tert-OH is 1. The topological polar surface area (TPSA) is 20.2 Å². The van der Waals surface area contributed by atoms with Crippen LogP contribution in [0.15, 0.2) is 35.1 Å². The Bertz CT molecular complexity index is 231. The second kappa shape index (κ2) is 3.42. The van der Waals surface area contributed by atoms with E-state index in [0.717, 1.165) is 18.4 Å². The van der Waals surface area contributed by atoms with Gasteiger partial charge in [0.05, 0.1) is 0 Å². The van der Waals surface area contributed by atoms with E-state index in [0.29, 0.717) is 5.76 Å². The van der Waals surface area contributed by atoms with E-state index in [2.05, 4.69) is 19.9 Å². The van der Waals surface area contributed by atoms with Crippen LogP contribution in [0.2, 0.25) is 0 Å². The van der Waals surface area contributed by atoms with Crippen molar-refractivity contribution < 1.29 is 5.11 Å². The summed E-state index contributed by atoms with van der Waals surface area (Å²) < 4.78 is 0. The van der Waals surface area contributed by atoms with Gasteiger partial charge in [0.1, 0.15) is 5.76 Å².